The van der Waals surface area contributed by atoms with Gasteiger partial charge in [0, 0.05) is 24.2 Å². The molecule has 3 heterocycles. The molecule has 0 spiro atoms. The van der Waals surface area contributed by atoms with E-state index in [2.05, 4.69) is 15.1 Å². The van der Waals surface area contributed by atoms with E-state index in [1.54, 1.807) is 6.20 Å². The van der Waals surface area contributed by atoms with Crippen LogP contribution in [0, 0.1) is 0 Å². The first-order valence-corrected chi connectivity index (χ1v) is 6.24. The molecule has 0 aromatic carbocycles. The summed E-state index contributed by atoms with van der Waals surface area (Å²) in [5.41, 5.74) is 1.22. The molecule has 5 nitrogen and oxygen atoms in total. The molecule has 0 amide bonds. The fourth-order valence-corrected chi connectivity index (χ4v) is 2.83. The predicted molar refractivity (Wildman–Crippen MR) is 61.5 cm³/mol. The molecule has 1 unspecified atom stereocenters. The van der Waals surface area contributed by atoms with Crippen LogP contribution < -0.4 is 0 Å². The molecule has 2 aliphatic rings. The second-order valence-electron chi connectivity index (χ2n) is 4.79. The molecular formula is C12H17N3O2. The van der Waals surface area contributed by atoms with Gasteiger partial charge < -0.3 is 4.74 Å². The van der Waals surface area contributed by atoms with Crippen LogP contribution in [-0.4, -0.2) is 46.8 Å². The van der Waals surface area contributed by atoms with E-state index in [1.807, 2.05) is 6.07 Å². The third-order valence-corrected chi connectivity index (χ3v) is 3.84. The van der Waals surface area contributed by atoms with E-state index in [0.29, 0.717) is 12.5 Å². The Morgan fingerprint density at radius 2 is 2.18 bits per heavy atom. The van der Waals surface area contributed by atoms with Crippen molar-refractivity contribution < 1.29 is 9.53 Å². The van der Waals surface area contributed by atoms with Gasteiger partial charge in [0.1, 0.15) is 6.04 Å². The average Bonchev–Trinajstić information content (AvgIpc) is 3.00. The summed E-state index contributed by atoms with van der Waals surface area (Å²) in [6, 6.07) is 2.06. The summed E-state index contributed by atoms with van der Waals surface area (Å²) in [6.45, 7) is 2.54. The second-order valence-corrected chi connectivity index (χ2v) is 4.79. The lowest BCUT2D eigenvalue weighted by Crippen LogP contribution is -2.43. The number of likely N-dealkylation sites (tertiary alicyclic amines) is 1. The summed E-state index contributed by atoms with van der Waals surface area (Å²) in [4.78, 5) is 13.8. The number of esters is 1. The number of H-pyrrole nitrogens is 1. The van der Waals surface area contributed by atoms with Crippen LogP contribution in [0.3, 0.4) is 0 Å². The first kappa shape index (κ1) is 10.8. The largest absolute Gasteiger partial charge is 0.464 e. The highest BCUT2D eigenvalue weighted by Gasteiger charge is 2.34. The fourth-order valence-electron chi connectivity index (χ4n) is 2.83. The Labute approximate surface area is 100 Å². The van der Waals surface area contributed by atoms with Crippen LogP contribution in [0.1, 0.15) is 30.9 Å². The van der Waals surface area contributed by atoms with Crippen LogP contribution in [0.15, 0.2) is 12.3 Å². The number of aromatic nitrogens is 2. The number of hydrogen-bond acceptors (Lipinski definition) is 4. The molecule has 1 aromatic heterocycles. The van der Waals surface area contributed by atoms with Crippen molar-refractivity contribution in [3.05, 3.63) is 18.0 Å². The molecule has 2 fully saturated rings. The van der Waals surface area contributed by atoms with Gasteiger partial charge in [-0.15, -0.1) is 0 Å². The molecule has 1 N–H and O–H groups in total. The first-order valence-electron chi connectivity index (χ1n) is 6.24. The van der Waals surface area contributed by atoms with E-state index >= 15 is 0 Å². The van der Waals surface area contributed by atoms with Crippen molar-refractivity contribution in [2.75, 3.05) is 19.7 Å². The van der Waals surface area contributed by atoms with Crippen LogP contribution in [0.4, 0.5) is 0 Å². The Balaban J connectivity index is 1.59. The predicted octanol–water partition coefficient (Wildman–Crippen LogP) is 0.905. The average molecular weight is 235 g/mol. The van der Waals surface area contributed by atoms with Crippen LogP contribution in [0.2, 0.25) is 0 Å². The summed E-state index contributed by atoms with van der Waals surface area (Å²) in [5, 5.41) is 7.03. The molecule has 92 valence electrons. The lowest BCUT2D eigenvalue weighted by atomic mass is 9.92. The van der Waals surface area contributed by atoms with Crippen molar-refractivity contribution in [3.63, 3.8) is 0 Å². The standard InChI is InChI=1S/C12H17N3O2/c16-12-11(4-8-17-12)15-6-2-9(3-7-15)10-1-5-13-14-10/h1,5,9,11H,2-4,6-8H2,(H,13,14). The maximum absolute atomic E-state index is 11.5. The molecule has 2 saturated heterocycles. The maximum atomic E-state index is 11.5. The lowest BCUT2D eigenvalue weighted by molar-refractivity contribution is -0.142. The molecular weight excluding hydrogens is 218 g/mol. The minimum Gasteiger partial charge on any atom is -0.464 e. The van der Waals surface area contributed by atoms with E-state index in [-0.39, 0.29) is 12.0 Å². The van der Waals surface area contributed by atoms with Gasteiger partial charge in [0.05, 0.1) is 6.61 Å². The lowest BCUT2D eigenvalue weighted by Gasteiger charge is -2.33. The number of carbonyl (C=O) groups excluding carboxylic acids is 1. The number of nitrogens with one attached hydrogen (secondary N) is 1. The molecule has 5 heteroatoms. The van der Waals surface area contributed by atoms with E-state index in [9.17, 15) is 4.79 Å². The zero-order chi connectivity index (χ0) is 11.7. The van der Waals surface area contributed by atoms with E-state index in [4.69, 9.17) is 4.74 Å². The van der Waals surface area contributed by atoms with Gasteiger partial charge in [0.25, 0.3) is 0 Å². The van der Waals surface area contributed by atoms with Crippen LogP contribution >= 0.6 is 0 Å². The monoisotopic (exact) mass is 235 g/mol. The van der Waals surface area contributed by atoms with Crippen LogP contribution in [0.5, 0.6) is 0 Å². The summed E-state index contributed by atoms with van der Waals surface area (Å²) < 4.78 is 5.02. The Kier molecular flexibility index (Phi) is 2.84. The smallest absolute Gasteiger partial charge is 0.323 e. The van der Waals surface area contributed by atoms with Crippen molar-refractivity contribution in [1.82, 2.24) is 15.1 Å². The van der Waals surface area contributed by atoms with Gasteiger partial charge in [-0.2, -0.15) is 5.10 Å². The van der Waals surface area contributed by atoms with E-state index in [1.165, 1.54) is 5.69 Å². The summed E-state index contributed by atoms with van der Waals surface area (Å²) in [6.07, 6.45) is 4.83. The number of carbonyl (C=O) groups is 1. The molecule has 17 heavy (non-hydrogen) atoms. The Bertz CT molecular complexity index is 382. The van der Waals surface area contributed by atoms with Crippen LogP contribution in [0.25, 0.3) is 0 Å². The van der Waals surface area contributed by atoms with Gasteiger partial charge in [0.2, 0.25) is 0 Å². The van der Waals surface area contributed by atoms with Gasteiger partial charge >= 0.3 is 5.97 Å². The van der Waals surface area contributed by atoms with E-state index < -0.39 is 0 Å². The van der Waals surface area contributed by atoms with Gasteiger partial charge in [-0.25, -0.2) is 0 Å². The number of piperidine rings is 1. The number of nitrogens with zero attached hydrogens (tertiary/aromatic N) is 2. The van der Waals surface area contributed by atoms with Crippen molar-refractivity contribution in [3.8, 4) is 0 Å². The maximum Gasteiger partial charge on any atom is 0.323 e. The second kappa shape index (κ2) is 4.49. The summed E-state index contributed by atoms with van der Waals surface area (Å²) in [5.74, 6) is 0.524. The highest BCUT2D eigenvalue weighted by Crippen LogP contribution is 2.28. The van der Waals surface area contributed by atoms with Gasteiger partial charge in [-0.05, 0) is 32.0 Å². The topological polar surface area (TPSA) is 58.2 Å². The number of rotatable bonds is 2. The molecule has 0 radical (unpaired) electrons. The minimum atomic E-state index is -0.0370. The highest BCUT2D eigenvalue weighted by atomic mass is 16.5. The SMILES string of the molecule is O=C1OCCC1N1CCC(c2ccn[nH]2)CC1. The number of cyclic esters (lactones) is 1. The number of ether oxygens (including phenoxy) is 1. The molecule has 3 rings (SSSR count). The fraction of sp³-hybridized carbons (Fsp3) is 0.667. The molecule has 0 saturated carbocycles. The normalized spacial score (nSPS) is 27.3. The summed E-state index contributed by atoms with van der Waals surface area (Å²) in [7, 11) is 0. The molecule has 0 aliphatic carbocycles. The number of hydrogen-bond donors (Lipinski definition) is 1. The minimum absolute atomic E-state index is 0.0118. The number of aromatic amines is 1. The zero-order valence-corrected chi connectivity index (χ0v) is 9.76. The quantitative estimate of drug-likeness (QED) is 0.774. The Morgan fingerprint density at radius 1 is 1.35 bits per heavy atom. The highest BCUT2D eigenvalue weighted by molar-refractivity contribution is 5.77. The van der Waals surface area contributed by atoms with Crippen molar-refractivity contribution >= 4 is 5.97 Å². The van der Waals surface area contributed by atoms with Crippen LogP contribution in [-0.2, 0) is 9.53 Å². The Morgan fingerprint density at radius 3 is 2.76 bits per heavy atom. The van der Waals surface area contributed by atoms with Gasteiger partial charge in [-0.3, -0.25) is 14.8 Å². The molecule has 0 bridgehead atoms. The summed E-state index contributed by atoms with van der Waals surface area (Å²) >= 11 is 0. The van der Waals surface area contributed by atoms with Crippen molar-refractivity contribution in [1.29, 1.82) is 0 Å². The molecule has 1 atom stereocenters. The Hall–Kier alpha value is -1.36. The third kappa shape index (κ3) is 2.07. The van der Waals surface area contributed by atoms with Crippen molar-refractivity contribution in [2.45, 2.75) is 31.2 Å². The van der Waals surface area contributed by atoms with Gasteiger partial charge in [-0.1, -0.05) is 0 Å². The van der Waals surface area contributed by atoms with Crippen molar-refractivity contribution in [2.24, 2.45) is 0 Å². The molecule has 1 aromatic rings. The zero-order valence-electron chi connectivity index (χ0n) is 9.76. The molecule has 2 aliphatic heterocycles. The van der Waals surface area contributed by atoms with Gasteiger partial charge in [0.15, 0.2) is 0 Å². The first-order chi connectivity index (χ1) is 8.34. The van der Waals surface area contributed by atoms with E-state index in [0.717, 1.165) is 32.4 Å². The third-order valence-electron chi connectivity index (χ3n) is 3.84.